The van der Waals surface area contributed by atoms with Crippen LogP contribution in [-0.2, 0) is 25.7 Å². The largest absolute Gasteiger partial charge is 0.479 e. The summed E-state index contributed by atoms with van der Waals surface area (Å²) < 4.78 is 5.59. The normalized spacial score (nSPS) is 27.4. The van der Waals surface area contributed by atoms with E-state index < -0.39 is 58.9 Å². The summed E-state index contributed by atoms with van der Waals surface area (Å²) in [6.07, 6.45) is 4.42. The van der Waals surface area contributed by atoms with Crippen LogP contribution < -0.4 is 15.5 Å². The van der Waals surface area contributed by atoms with Crippen molar-refractivity contribution in [1.29, 1.82) is 0 Å². The Morgan fingerprint density at radius 3 is 2.45 bits per heavy atom. The van der Waals surface area contributed by atoms with Crippen molar-refractivity contribution in [3.05, 3.63) is 42.5 Å². The number of likely N-dealkylation sites (tertiary alicyclic amines) is 1. The number of rotatable bonds is 8. The molecule has 0 spiro atoms. The molecule has 0 aromatic heterocycles. The van der Waals surface area contributed by atoms with Gasteiger partial charge in [0.2, 0.25) is 11.8 Å². The Morgan fingerprint density at radius 2 is 1.84 bits per heavy atom. The molecule has 2 saturated carbocycles. The van der Waals surface area contributed by atoms with Gasteiger partial charge >= 0.3 is 18.1 Å². The lowest BCUT2D eigenvalue weighted by atomic mass is 9.85. The molecule has 1 aromatic rings. The lowest BCUT2D eigenvalue weighted by Gasteiger charge is -2.38. The molecule has 2 heterocycles. The molecule has 12 nitrogen and oxygen atoms in total. The lowest BCUT2D eigenvalue weighted by Crippen LogP contribution is -2.59. The standard InChI is InChI=1S/C32H43N5O7/c1-6-20-16-32(20,28(40)41)34-26(38)24-15-21(36-17-19-11-7-10-14-23(19)35(5)30(36)43)18-37(24)27(39)25(31(2,3)4)33-29(42)44-22-12-8-9-13-22/h6-7,10-11,14,20-22,24-25H,1,8-9,12-13,15-18H2,2-5H3,(H,33,42)(H,34,38)(H,40,41)/t20?,21-,24?,25-,32-/m1/s1. The van der Waals surface area contributed by atoms with Gasteiger partial charge in [0.15, 0.2) is 0 Å². The molecule has 5 amide bonds. The molecule has 4 aliphatic rings. The highest BCUT2D eigenvalue weighted by atomic mass is 16.6. The van der Waals surface area contributed by atoms with Crippen LogP contribution in [0.1, 0.15) is 64.9 Å². The van der Waals surface area contributed by atoms with Crippen molar-refractivity contribution < 1.29 is 33.8 Å². The molecule has 238 valence electrons. The molecule has 2 unspecified atom stereocenters. The maximum atomic E-state index is 14.3. The van der Waals surface area contributed by atoms with Gasteiger partial charge in [0.05, 0.1) is 11.7 Å². The van der Waals surface area contributed by atoms with Gasteiger partial charge in [0.25, 0.3) is 0 Å². The average Bonchev–Trinajstić information content (AvgIpc) is 3.26. The van der Waals surface area contributed by atoms with Gasteiger partial charge in [-0.05, 0) is 55.6 Å². The highest BCUT2D eigenvalue weighted by Crippen LogP contribution is 2.45. The topological polar surface area (TPSA) is 149 Å². The number of fused-ring (bicyclic) bond motifs is 1. The number of carboxylic acid groups (broad SMARTS) is 1. The molecule has 12 heteroatoms. The van der Waals surface area contributed by atoms with E-state index >= 15 is 0 Å². The van der Waals surface area contributed by atoms with E-state index in [-0.39, 0.29) is 31.5 Å². The van der Waals surface area contributed by atoms with E-state index in [0.29, 0.717) is 6.54 Å². The van der Waals surface area contributed by atoms with Gasteiger partial charge in [0, 0.05) is 26.1 Å². The van der Waals surface area contributed by atoms with Gasteiger partial charge in [-0.1, -0.05) is 45.0 Å². The Labute approximate surface area is 257 Å². The third-order valence-electron chi connectivity index (χ3n) is 9.51. The van der Waals surface area contributed by atoms with Crippen molar-refractivity contribution in [2.24, 2.45) is 11.3 Å². The molecule has 5 rings (SSSR count). The number of para-hydroxylation sites is 1. The number of carbonyl (C=O) groups is 5. The number of alkyl carbamates (subject to hydrolysis) is 1. The van der Waals surface area contributed by atoms with E-state index in [1.807, 2.05) is 45.0 Å². The number of aliphatic carboxylic acids is 1. The van der Waals surface area contributed by atoms with E-state index in [9.17, 15) is 29.1 Å². The van der Waals surface area contributed by atoms with E-state index in [2.05, 4.69) is 17.2 Å². The number of amides is 5. The van der Waals surface area contributed by atoms with Crippen LogP contribution in [-0.4, -0.2) is 88.2 Å². The Bertz CT molecular complexity index is 1350. The van der Waals surface area contributed by atoms with Crippen LogP contribution in [0, 0.1) is 11.3 Å². The number of hydrogen-bond donors (Lipinski definition) is 3. The number of urea groups is 1. The predicted octanol–water partition coefficient (Wildman–Crippen LogP) is 3.26. The highest BCUT2D eigenvalue weighted by Gasteiger charge is 2.61. The molecule has 1 aromatic carbocycles. The van der Waals surface area contributed by atoms with Crippen molar-refractivity contribution in [2.75, 3.05) is 18.5 Å². The number of carbonyl (C=O) groups excluding carboxylic acids is 4. The highest BCUT2D eigenvalue weighted by molar-refractivity contribution is 5.97. The third-order valence-corrected chi connectivity index (χ3v) is 9.51. The fourth-order valence-corrected chi connectivity index (χ4v) is 6.78. The molecule has 0 radical (unpaired) electrons. The average molecular weight is 610 g/mol. The second-order valence-corrected chi connectivity index (χ2v) is 13.6. The van der Waals surface area contributed by atoms with Crippen molar-refractivity contribution in [3.63, 3.8) is 0 Å². The fourth-order valence-electron chi connectivity index (χ4n) is 6.78. The van der Waals surface area contributed by atoms with Crippen LogP contribution in [0.2, 0.25) is 0 Å². The number of hydrogen-bond acceptors (Lipinski definition) is 6. The molecule has 3 N–H and O–H groups in total. The zero-order valence-electron chi connectivity index (χ0n) is 25.9. The number of anilines is 1. The summed E-state index contributed by atoms with van der Waals surface area (Å²) >= 11 is 0. The second-order valence-electron chi connectivity index (χ2n) is 13.6. The van der Waals surface area contributed by atoms with Crippen LogP contribution in [0.5, 0.6) is 0 Å². The Hall–Kier alpha value is -4.09. The van der Waals surface area contributed by atoms with E-state index in [0.717, 1.165) is 36.9 Å². The summed E-state index contributed by atoms with van der Waals surface area (Å²) in [7, 11) is 1.68. The third kappa shape index (κ3) is 5.86. The first-order chi connectivity index (χ1) is 20.8. The SMILES string of the molecule is C=CC1C[C@]1(NC(=O)C1C[C@@H](N2Cc3ccccc3N(C)C2=O)CN1C(=O)[C@@H](NC(=O)OC1CCCC1)C(C)(C)C)C(=O)O. The number of ether oxygens (including phenoxy) is 1. The first-order valence-corrected chi connectivity index (χ1v) is 15.3. The molecule has 2 aliphatic carbocycles. The number of nitrogens with one attached hydrogen (secondary N) is 2. The molecule has 0 bridgehead atoms. The van der Waals surface area contributed by atoms with Gasteiger partial charge in [-0.15, -0.1) is 6.58 Å². The maximum Gasteiger partial charge on any atom is 0.408 e. The van der Waals surface area contributed by atoms with Gasteiger partial charge in [-0.2, -0.15) is 0 Å². The summed E-state index contributed by atoms with van der Waals surface area (Å²) in [5.74, 6) is -2.72. The number of nitrogens with zero attached hydrogens (tertiary/aromatic N) is 3. The summed E-state index contributed by atoms with van der Waals surface area (Å²) in [5.41, 5.74) is -0.517. The zero-order valence-corrected chi connectivity index (χ0v) is 25.9. The van der Waals surface area contributed by atoms with Gasteiger partial charge in [-0.3, -0.25) is 14.5 Å². The van der Waals surface area contributed by atoms with Gasteiger partial charge < -0.3 is 30.3 Å². The summed E-state index contributed by atoms with van der Waals surface area (Å²) in [4.78, 5) is 71.4. The minimum Gasteiger partial charge on any atom is -0.479 e. The number of benzene rings is 1. The predicted molar refractivity (Wildman–Crippen MR) is 162 cm³/mol. The van der Waals surface area contributed by atoms with Crippen molar-refractivity contribution in [3.8, 4) is 0 Å². The van der Waals surface area contributed by atoms with Gasteiger partial charge in [-0.25, -0.2) is 14.4 Å². The van der Waals surface area contributed by atoms with Crippen LogP contribution in [0.15, 0.2) is 36.9 Å². The minimum absolute atomic E-state index is 0.0373. The zero-order chi connectivity index (χ0) is 32.0. The smallest absolute Gasteiger partial charge is 0.408 e. The first kappa shape index (κ1) is 31.3. The lowest BCUT2D eigenvalue weighted by molar-refractivity contribution is -0.146. The monoisotopic (exact) mass is 609 g/mol. The Morgan fingerprint density at radius 1 is 1.16 bits per heavy atom. The molecular weight excluding hydrogens is 566 g/mol. The molecule has 3 fully saturated rings. The van der Waals surface area contributed by atoms with Crippen molar-refractivity contribution in [1.82, 2.24) is 20.4 Å². The first-order valence-electron chi connectivity index (χ1n) is 15.3. The van der Waals surface area contributed by atoms with E-state index in [1.54, 1.807) is 16.8 Å². The van der Waals surface area contributed by atoms with Crippen LogP contribution in [0.4, 0.5) is 15.3 Å². The second kappa shape index (κ2) is 11.8. The fraction of sp³-hybridized carbons (Fsp3) is 0.594. The summed E-state index contributed by atoms with van der Waals surface area (Å²) in [6.45, 7) is 9.46. The number of carboxylic acids is 1. The molecule has 5 atom stereocenters. The van der Waals surface area contributed by atoms with Crippen LogP contribution in [0.3, 0.4) is 0 Å². The maximum absolute atomic E-state index is 14.3. The quantitative estimate of drug-likeness (QED) is 0.383. The summed E-state index contributed by atoms with van der Waals surface area (Å²) in [6, 6.07) is 4.65. The molecule has 44 heavy (non-hydrogen) atoms. The Balaban J connectivity index is 1.42. The minimum atomic E-state index is -1.49. The van der Waals surface area contributed by atoms with Crippen LogP contribution in [0.25, 0.3) is 0 Å². The molecular formula is C32H43N5O7. The van der Waals surface area contributed by atoms with Crippen molar-refractivity contribution in [2.45, 2.75) is 95.6 Å². The summed E-state index contributed by atoms with van der Waals surface area (Å²) in [5, 5.41) is 15.4. The van der Waals surface area contributed by atoms with E-state index in [4.69, 9.17) is 4.74 Å². The molecule has 1 saturated heterocycles. The molecule has 2 aliphatic heterocycles. The Kier molecular flexibility index (Phi) is 8.39. The van der Waals surface area contributed by atoms with Crippen LogP contribution >= 0.6 is 0 Å². The van der Waals surface area contributed by atoms with Gasteiger partial charge in [0.1, 0.15) is 23.7 Å². The van der Waals surface area contributed by atoms with Crippen molar-refractivity contribution >= 4 is 35.6 Å². The van der Waals surface area contributed by atoms with E-state index in [1.165, 1.54) is 11.0 Å².